The second-order valence-electron chi connectivity index (χ2n) is 5.05. The molecule has 0 radical (unpaired) electrons. The number of aromatic nitrogens is 1. The Morgan fingerprint density at radius 2 is 1.92 bits per heavy atom. The third-order valence-electron chi connectivity index (χ3n) is 3.48. The van der Waals surface area contributed by atoms with Crippen LogP contribution in [0.5, 0.6) is 0 Å². The van der Waals surface area contributed by atoms with E-state index in [2.05, 4.69) is 10.5 Å². The Bertz CT molecular complexity index is 922. The Morgan fingerprint density at radius 1 is 1.12 bits per heavy atom. The molecule has 0 aliphatic heterocycles. The number of halogens is 3. The molecule has 3 aromatic rings. The molecule has 24 heavy (non-hydrogen) atoms. The largest absolute Gasteiger partial charge is 0.361 e. The van der Waals surface area contributed by atoms with Gasteiger partial charge in [0.25, 0.3) is 5.91 Å². The van der Waals surface area contributed by atoms with E-state index in [9.17, 15) is 4.79 Å². The molecule has 1 aromatic heterocycles. The first kappa shape index (κ1) is 16.8. The van der Waals surface area contributed by atoms with Crippen molar-refractivity contribution in [2.24, 2.45) is 0 Å². The van der Waals surface area contributed by atoms with Gasteiger partial charge in [-0.15, -0.1) is 0 Å². The molecule has 4 nitrogen and oxygen atoms in total. The van der Waals surface area contributed by atoms with E-state index in [1.54, 1.807) is 31.2 Å². The van der Waals surface area contributed by atoms with Crippen LogP contribution in [-0.4, -0.2) is 11.1 Å². The Balaban J connectivity index is 1.89. The zero-order chi connectivity index (χ0) is 17.3. The number of amides is 1. The lowest BCUT2D eigenvalue weighted by molar-refractivity contribution is 0.102. The van der Waals surface area contributed by atoms with E-state index in [0.717, 1.165) is 11.1 Å². The minimum atomic E-state index is -0.343. The summed E-state index contributed by atoms with van der Waals surface area (Å²) in [6.07, 6.45) is 1.36. The zero-order valence-electron chi connectivity index (χ0n) is 12.4. The lowest BCUT2D eigenvalue weighted by Gasteiger charge is -2.10. The first-order valence-electron chi connectivity index (χ1n) is 6.94. The van der Waals surface area contributed by atoms with E-state index in [1.807, 2.05) is 12.1 Å². The van der Waals surface area contributed by atoms with E-state index in [1.165, 1.54) is 6.20 Å². The smallest absolute Gasteiger partial charge is 0.260 e. The highest BCUT2D eigenvalue weighted by Gasteiger charge is 2.15. The van der Waals surface area contributed by atoms with Gasteiger partial charge in [-0.3, -0.25) is 4.79 Å². The van der Waals surface area contributed by atoms with Gasteiger partial charge in [0.2, 0.25) is 0 Å². The average Bonchev–Trinajstić information content (AvgIpc) is 2.98. The third kappa shape index (κ3) is 3.26. The summed E-state index contributed by atoms with van der Waals surface area (Å²) in [5.74, 6) is 0.0927. The van der Waals surface area contributed by atoms with Crippen molar-refractivity contribution in [3.8, 4) is 11.1 Å². The minimum Gasteiger partial charge on any atom is -0.361 e. The Morgan fingerprint density at radius 3 is 2.58 bits per heavy atom. The Kier molecular flexibility index (Phi) is 4.81. The molecule has 0 aliphatic rings. The van der Waals surface area contributed by atoms with Crippen LogP contribution >= 0.6 is 34.8 Å². The van der Waals surface area contributed by atoms with Crippen LogP contribution in [0.1, 0.15) is 16.1 Å². The molecular weight excluding hydrogens is 371 g/mol. The lowest BCUT2D eigenvalue weighted by atomic mass is 10.1. The first-order valence-corrected chi connectivity index (χ1v) is 8.07. The van der Waals surface area contributed by atoms with Crippen molar-refractivity contribution >= 4 is 46.4 Å². The van der Waals surface area contributed by atoms with Gasteiger partial charge in [0.15, 0.2) is 0 Å². The summed E-state index contributed by atoms with van der Waals surface area (Å²) in [7, 11) is 0. The summed E-state index contributed by atoms with van der Waals surface area (Å²) in [5, 5.41) is 7.61. The molecule has 0 aliphatic carbocycles. The van der Waals surface area contributed by atoms with Crippen molar-refractivity contribution in [3.63, 3.8) is 0 Å². The number of carbonyl (C=O) groups excluding carboxylic acids is 1. The second-order valence-corrected chi connectivity index (χ2v) is 6.24. The average molecular weight is 382 g/mol. The number of hydrogen-bond donors (Lipinski definition) is 1. The number of aryl methyl sites for hydroxylation is 1. The number of rotatable bonds is 3. The highest BCUT2D eigenvalue weighted by Crippen LogP contribution is 2.36. The fourth-order valence-corrected chi connectivity index (χ4v) is 2.85. The van der Waals surface area contributed by atoms with Gasteiger partial charge in [-0.05, 0) is 30.7 Å². The van der Waals surface area contributed by atoms with Crippen molar-refractivity contribution in [1.82, 2.24) is 5.16 Å². The van der Waals surface area contributed by atoms with Crippen LogP contribution in [0, 0.1) is 6.92 Å². The van der Waals surface area contributed by atoms with Crippen LogP contribution in [0.25, 0.3) is 11.1 Å². The lowest BCUT2D eigenvalue weighted by Crippen LogP contribution is -2.12. The molecule has 7 heteroatoms. The second kappa shape index (κ2) is 6.85. The van der Waals surface area contributed by atoms with Crippen LogP contribution in [0.15, 0.2) is 47.1 Å². The molecule has 1 N–H and O–H groups in total. The predicted octanol–water partition coefficient (Wildman–Crippen LogP) is 5.86. The van der Waals surface area contributed by atoms with E-state index in [-0.39, 0.29) is 5.91 Å². The fourth-order valence-electron chi connectivity index (χ4n) is 2.22. The molecule has 0 unspecified atom stereocenters. The van der Waals surface area contributed by atoms with Crippen LogP contribution in [0.4, 0.5) is 5.69 Å². The summed E-state index contributed by atoms with van der Waals surface area (Å²) < 4.78 is 4.88. The molecule has 0 saturated heterocycles. The molecule has 0 spiro atoms. The molecule has 1 amide bonds. The molecule has 0 atom stereocenters. The normalized spacial score (nSPS) is 10.7. The molecule has 0 saturated carbocycles. The van der Waals surface area contributed by atoms with Crippen molar-refractivity contribution < 1.29 is 9.32 Å². The van der Waals surface area contributed by atoms with E-state index < -0.39 is 0 Å². The molecule has 0 fully saturated rings. The van der Waals surface area contributed by atoms with Gasteiger partial charge >= 0.3 is 0 Å². The Labute approximate surface area is 153 Å². The number of nitrogens with one attached hydrogen (secondary N) is 1. The third-order valence-corrected chi connectivity index (χ3v) is 4.61. The fraction of sp³-hybridized carbons (Fsp3) is 0.0588. The quantitative estimate of drug-likeness (QED) is 0.618. The predicted molar refractivity (Wildman–Crippen MR) is 96.1 cm³/mol. The summed E-state index contributed by atoms with van der Waals surface area (Å²) in [4.78, 5) is 12.2. The number of anilines is 1. The molecule has 0 bridgehead atoms. The Hall–Kier alpha value is -2.01. The number of benzene rings is 2. The van der Waals surface area contributed by atoms with Crippen molar-refractivity contribution in [2.75, 3.05) is 5.32 Å². The van der Waals surface area contributed by atoms with Crippen LogP contribution < -0.4 is 5.32 Å². The highest BCUT2D eigenvalue weighted by molar-refractivity contribution is 6.43. The van der Waals surface area contributed by atoms with Gasteiger partial charge in [-0.25, -0.2) is 0 Å². The van der Waals surface area contributed by atoms with Gasteiger partial charge in [0.05, 0.1) is 27.0 Å². The number of nitrogens with zero attached hydrogens (tertiary/aromatic N) is 1. The SMILES string of the molecule is Cc1oncc1C(=O)Nc1ccc(-c2cccc(Cl)c2Cl)cc1Cl. The van der Waals surface area contributed by atoms with Gasteiger partial charge in [-0.2, -0.15) is 0 Å². The van der Waals surface area contributed by atoms with Gasteiger partial charge in [-0.1, -0.05) is 58.2 Å². The standard InChI is InChI=1S/C17H11Cl3N2O2/c1-9-12(8-21-24-9)17(23)22-15-6-5-10(7-14(15)19)11-3-2-4-13(18)16(11)20/h2-8H,1H3,(H,22,23). The van der Waals surface area contributed by atoms with E-state index in [0.29, 0.717) is 32.1 Å². The van der Waals surface area contributed by atoms with Gasteiger partial charge in [0, 0.05) is 5.56 Å². The van der Waals surface area contributed by atoms with E-state index >= 15 is 0 Å². The molecule has 2 aromatic carbocycles. The van der Waals surface area contributed by atoms with E-state index in [4.69, 9.17) is 39.3 Å². The molecule has 3 rings (SSSR count). The van der Waals surface area contributed by atoms with Gasteiger partial charge < -0.3 is 9.84 Å². The maximum Gasteiger partial charge on any atom is 0.260 e. The maximum atomic E-state index is 12.2. The van der Waals surface area contributed by atoms with Crippen LogP contribution in [0.3, 0.4) is 0 Å². The first-order chi connectivity index (χ1) is 11.5. The highest BCUT2D eigenvalue weighted by atomic mass is 35.5. The maximum absolute atomic E-state index is 12.2. The van der Waals surface area contributed by atoms with Crippen molar-refractivity contribution in [1.29, 1.82) is 0 Å². The summed E-state index contributed by atoms with van der Waals surface area (Å²) in [5.41, 5.74) is 2.39. The zero-order valence-corrected chi connectivity index (χ0v) is 14.7. The summed E-state index contributed by atoms with van der Waals surface area (Å²) in [6.45, 7) is 1.66. The van der Waals surface area contributed by atoms with Crippen LogP contribution in [0.2, 0.25) is 15.1 Å². The summed E-state index contributed by atoms with van der Waals surface area (Å²) in [6, 6.07) is 10.6. The van der Waals surface area contributed by atoms with Gasteiger partial charge in [0.1, 0.15) is 11.3 Å². The number of carbonyl (C=O) groups is 1. The molecule has 122 valence electrons. The molecule has 1 heterocycles. The monoisotopic (exact) mass is 380 g/mol. The van der Waals surface area contributed by atoms with Crippen molar-refractivity contribution in [2.45, 2.75) is 6.92 Å². The molecular formula is C17H11Cl3N2O2. The van der Waals surface area contributed by atoms with Crippen molar-refractivity contribution in [3.05, 3.63) is 69.0 Å². The number of hydrogen-bond acceptors (Lipinski definition) is 3. The van der Waals surface area contributed by atoms with Crippen LogP contribution in [-0.2, 0) is 0 Å². The minimum absolute atomic E-state index is 0.343. The topological polar surface area (TPSA) is 55.1 Å². The summed E-state index contributed by atoms with van der Waals surface area (Å²) >= 11 is 18.6.